The Bertz CT molecular complexity index is 372. The number of nitrogens with two attached hydrogens (primary N) is 1. The van der Waals surface area contributed by atoms with Gasteiger partial charge in [-0.1, -0.05) is 6.42 Å². The van der Waals surface area contributed by atoms with Crippen molar-refractivity contribution in [1.82, 2.24) is 4.98 Å². The molecule has 96 valence electrons. The number of halogens is 3. The molecule has 2 atom stereocenters. The summed E-state index contributed by atoms with van der Waals surface area (Å²) in [6.45, 7) is 0. The Kier molecular flexibility index (Phi) is 3.99. The van der Waals surface area contributed by atoms with E-state index in [1.165, 1.54) is 12.6 Å². The normalized spacial score (nSPS) is 23.6. The number of thioether (sulfide) groups is 1. The predicted molar refractivity (Wildman–Crippen MR) is 64.1 cm³/mol. The highest BCUT2D eigenvalue weighted by atomic mass is 32.2. The molecule has 0 aromatic carbocycles. The van der Waals surface area contributed by atoms with Gasteiger partial charge in [0.2, 0.25) is 0 Å². The fraction of sp³-hybridized carbons (Fsp3) is 0.700. The van der Waals surface area contributed by atoms with Crippen molar-refractivity contribution in [1.29, 1.82) is 0 Å². The minimum Gasteiger partial charge on any atom is -0.322 e. The SMILES string of the molecule is NC(c1cnc(C(F)(F)F)s1)C1CCCCS1. The van der Waals surface area contributed by atoms with Gasteiger partial charge in [0.1, 0.15) is 0 Å². The second kappa shape index (κ2) is 5.16. The average Bonchev–Trinajstić information content (AvgIpc) is 2.78. The maximum absolute atomic E-state index is 12.4. The molecule has 0 spiro atoms. The minimum atomic E-state index is -4.36. The second-order valence-electron chi connectivity index (χ2n) is 4.00. The van der Waals surface area contributed by atoms with Crippen LogP contribution in [0.3, 0.4) is 0 Å². The van der Waals surface area contributed by atoms with E-state index in [9.17, 15) is 13.2 Å². The van der Waals surface area contributed by atoms with E-state index < -0.39 is 11.2 Å². The minimum absolute atomic E-state index is 0.227. The van der Waals surface area contributed by atoms with Crippen LogP contribution in [-0.4, -0.2) is 16.0 Å². The molecule has 1 aliphatic rings. The van der Waals surface area contributed by atoms with Crippen molar-refractivity contribution in [3.05, 3.63) is 16.1 Å². The molecule has 0 radical (unpaired) electrons. The number of hydrogen-bond donors (Lipinski definition) is 1. The third kappa shape index (κ3) is 3.14. The molecule has 0 amide bonds. The lowest BCUT2D eigenvalue weighted by Crippen LogP contribution is -2.25. The molecule has 2 rings (SSSR count). The maximum atomic E-state index is 12.4. The fourth-order valence-corrected chi connectivity index (χ4v) is 4.10. The Labute approximate surface area is 106 Å². The zero-order valence-electron chi connectivity index (χ0n) is 9.04. The number of thiazole rings is 1. The highest BCUT2D eigenvalue weighted by Gasteiger charge is 2.35. The third-order valence-electron chi connectivity index (χ3n) is 2.71. The molecule has 1 saturated heterocycles. The highest BCUT2D eigenvalue weighted by Crippen LogP contribution is 2.38. The Hall–Kier alpha value is -0.270. The van der Waals surface area contributed by atoms with E-state index in [1.54, 1.807) is 11.8 Å². The average molecular weight is 282 g/mol. The molecule has 2 heterocycles. The van der Waals surface area contributed by atoms with Crippen LogP contribution in [0.1, 0.15) is 35.2 Å². The van der Waals surface area contributed by atoms with Gasteiger partial charge in [0.25, 0.3) is 0 Å². The van der Waals surface area contributed by atoms with Gasteiger partial charge in [0, 0.05) is 16.3 Å². The van der Waals surface area contributed by atoms with E-state index in [0.717, 1.165) is 18.6 Å². The molecule has 1 aromatic heterocycles. The summed E-state index contributed by atoms with van der Waals surface area (Å²) in [5.74, 6) is 1.04. The summed E-state index contributed by atoms with van der Waals surface area (Å²) in [5.41, 5.74) is 6.01. The number of alkyl halides is 3. The molecule has 2 nitrogen and oxygen atoms in total. The van der Waals surface area contributed by atoms with Crippen LogP contribution in [0.25, 0.3) is 0 Å². The Balaban J connectivity index is 2.08. The summed E-state index contributed by atoms with van der Waals surface area (Å²) in [4.78, 5) is 3.95. The first-order chi connectivity index (χ1) is 7.98. The summed E-state index contributed by atoms with van der Waals surface area (Å²) in [6, 6.07) is -0.325. The molecule has 0 bridgehead atoms. The molecule has 2 N–H and O–H groups in total. The number of nitrogens with zero attached hydrogens (tertiary/aromatic N) is 1. The van der Waals surface area contributed by atoms with Gasteiger partial charge in [-0.25, -0.2) is 4.98 Å². The molecule has 7 heteroatoms. The van der Waals surface area contributed by atoms with E-state index in [0.29, 0.717) is 16.2 Å². The van der Waals surface area contributed by atoms with Gasteiger partial charge in [-0.2, -0.15) is 24.9 Å². The van der Waals surface area contributed by atoms with Crippen molar-refractivity contribution >= 4 is 23.1 Å². The van der Waals surface area contributed by atoms with E-state index in [1.807, 2.05) is 0 Å². The third-order valence-corrected chi connectivity index (χ3v) is 5.33. The van der Waals surface area contributed by atoms with Crippen molar-refractivity contribution in [3.63, 3.8) is 0 Å². The Morgan fingerprint density at radius 3 is 2.71 bits per heavy atom. The Morgan fingerprint density at radius 1 is 1.41 bits per heavy atom. The summed E-state index contributed by atoms with van der Waals surface area (Å²) in [7, 11) is 0. The molecular formula is C10H13F3N2S2. The van der Waals surface area contributed by atoms with Gasteiger partial charge in [-0.3, -0.25) is 0 Å². The van der Waals surface area contributed by atoms with E-state index in [-0.39, 0.29) is 11.3 Å². The summed E-state index contributed by atoms with van der Waals surface area (Å²) in [6.07, 6.45) is 0.168. The summed E-state index contributed by atoms with van der Waals surface area (Å²) >= 11 is 2.42. The monoisotopic (exact) mass is 282 g/mol. The van der Waals surface area contributed by atoms with Crippen LogP contribution in [0, 0.1) is 0 Å². The lowest BCUT2D eigenvalue weighted by molar-refractivity contribution is -0.137. The standard InChI is InChI=1S/C10H13F3N2S2/c11-10(12,13)9-15-5-7(17-9)8(14)6-3-1-2-4-16-6/h5-6,8H,1-4,14H2. The van der Waals surface area contributed by atoms with Crippen molar-refractivity contribution in [2.75, 3.05) is 5.75 Å². The van der Waals surface area contributed by atoms with Crippen LogP contribution in [0.2, 0.25) is 0 Å². The van der Waals surface area contributed by atoms with Crippen LogP contribution in [0.15, 0.2) is 6.20 Å². The maximum Gasteiger partial charge on any atom is 0.443 e. The van der Waals surface area contributed by atoms with Crippen LogP contribution in [-0.2, 0) is 6.18 Å². The zero-order chi connectivity index (χ0) is 12.5. The number of rotatable bonds is 2. The van der Waals surface area contributed by atoms with Crippen molar-refractivity contribution in [2.45, 2.75) is 36.7 Å². The van der Waals surface area contributed by atoms with Gasteiger partial charge < -0.3 is 5.73 Å². The topological polar surface area (TPSA) is 38.9 Å². The van der Waals surface area contributed by atoms with E-state index in [2.05, 4.69) is 4.98 Å². The lowest BCUT2D eigenvalue weighted by atomic mass is 10.1. The van der Waals surface area contributed by atoms with Crippen LogP contribution >= 0.6 is 23.1 Å². The summed E-state index contributed by atoms with van der Waals surface area (Å²) in [5, 5.41) is -0.575. The molecule has 0 aliphatic carbocycles. The van der Waals surface area contributed by atoms with Gasteiger partial charge in [0.05, 0.1) is 6.04 Å². The van der Waals surface area contributed by atoms with Gasteiger partial charge in [0.15, 0.2) is 5.01 Å². The van der Waals surface area contributed by atoms with Gasteiger partial charge in [-0.15, -0.1) is 11.3 Å². The smallest absolute Gasteiger partial charge is 0.322 e. The number of hydrogen-bond acceptors (Lipinski definition) is 4. The largest absolute Gasteiger partial charge is 0.443 e. The quantitative estimate of drug-likeness (QED) is 0.903. The lowest BCUT2D eigenvalue weighted by Gasteiger charge is -2.25. The summed E-state index contributed by atoms with van der Waals surface area (Å²) < 4.78 is 37.2. The first-order valence-corrected chi connectivity index (χ1v) is 7.25. The molecule has 1 aromatic rings. The molecule has 1 aliphatic heterocycles. The van der Waals surface area contributed by atoms with Crippen LogP contribution < -0.4 is 5.73 Å². The number of aromatic nitrogens is 1. The molecular weight excluding hydrogens is 269 g/mol. The van der Waals surface area contributed by atoms with Gasteiger partial charge in [-0.05, 0) is 18.6 Å². The first-order valence-electron chi connectivity index (χ1n) is 5.38. The van der Waals surface area contributed by atoms with Crippen molar-refractivity contribution < 1.29 is 13.2 Å². The molecule has 2 unspecified atom stereocenters. The van der Waals surface area contributed by atoms with E-state index in [4.69, 9.17) is 5.73 Å². The highest BCUT2D eigenvalue weighted by molar-refractivity contribution is 8.00. The molecule has 17 heavy (non-hydrogen) atoms. The van der Waals surface area contributed by atoms with E-state index >= 15 is 0 Å². The van der Waals surface area contributed by atoms with Crippen LogP contribution in [0.4, 0.5) is 13.2 Å². The van der Waals surface area contributed by atoms with Crippen molar-refractivity contribution in [2.24, 2.45) is 5.73 Å². The van der Waals surface area contributed by atoms with Gasteiger partial charge >= 0.3 is 6.18 Å². The zero-order valence-corrected chi connectivity index (χ0v) is 10.7. The van der Waals surface area contributed by atoms with Crippen LogP contribution in [0.5, 0.6) is 0 Å². The fourth-order valence-electron chi connectivity index (χ4n) is 1.80. The molecule has 1 fully saturated rings. The predicted octanol–water partition coefficient (Wildman–Crippen LogP) is 3.45. The van der Waals surface area contributed by atoms with Crippen molar-refractivity contribution in [3.8, 4) is 0 Å². The second-order valence-corrected chi connectivity index (χ2v) is 6.41. The Morgan fingerprint density at radius 2 is 2.18 bits per heavy atom. The first kappa shape index (κ1) is 13.2. The molecule has 0 saturated carbocycles.